The van der Waals surface area contributed by atoms with E-state index in [4.69, 9.17) is 23.2 Å². The van der Waals surface area contributed by atoms with Crippen LogP contribution in [0.15, 0.2) is 76.9 Å². The highest BCUT2D eigenvalue weighted by molar-refractivity contribution is 7.99. The molecule has 1 N–H and O–H groups in total. The Morgan fingerprint density at radius 2 is 1.68 bits per heavy atom. The fourth-order valence-electron chi connectivity index (χ4n) is 3.81. The number of alkyl halides is 3. The van der Waals surface area contributed by atoms with Crippen molar-refractivity contribution in [1.29, 1.82) is 0 Å². The first-order valence-corrected chi connectivity index (χ1v) is 12.4. The van der Waals surface area contributed by atoms with Gasteiger partial charge in [0, 0.05) is 50.7 Å². The predicted octanol–water partition coefficient (Wildman–Crippen LogP) is 7.53. The molecule has 0 aliphatic heterocycles. The van der Waals surface area contributed by atoms with Crippen molar-refractivity contribution < 1.29 is 32.6 Å². The van der Waals surface area contributed by atoms with Gasteiger partial charge in [-0.2, -0.15) is 13.2 Å². The molecule has 0 aliphatic rings. The van der Waals surface area contributed by atoms with Crippen LogP contribution in [0.3, 0.4) is 0 Å². The summed E-state index contributed by atoms with van der Waals surface area (Å²) in [4.78, 5) is 28.8. The van der Waals surface area contributed by atoms with Gasteiger partial charge in [0.2, 0.25) is 0 Å². The summed E-state index contributed by atoms with van der Waals surface area (Å²) in [6, 6.07) is 13.7. The fraction of sp³-hybridized carbons (Fsp3) is 0.115. The van der Waals surface area contributed by atoms with Gasteiger partial charge in [-0.05, 0) is 48.9 Å². The lowest BCUT2D eigenvalue weighted by molar-refractivity contribution is -0.189. The molecule has 0 atom stereocenters. The molecule has 0 radical (unpaired) electrons. The normalized spacial score (nSPS) is 11.4. The third kappa shape index (κ3) is 5.98. The molecular formula is C26H17Cl2F3N2O4S. The van der Waals surface area contributed by atoms with Gasteiger partial charge >= 0.3 is 18.1 Å². The number of para-hydroxylation sites is 1. The number of pyridine rings is 1. The summed E-state index contributed by atoms with van der Waals surface area (Å²) in [6.45, 7) is 1.81. The van der Waals surface area contributed by atoms with Gasteiger partial charge in [-0.15, -0.1) is 0 Å². The lowest BCUT2D eigenvalue weighted by Gasteiger charge is -2.15. The van der Waals surface area contributed by atoms with Crippen LogP contribution in [0.5, 0.6) is 5.75 Å². The van der Waals surface area contributed by atoms with Gasteiger partial charge in [-0.25, -0.2) is 9.59 Å². The van der Waals surface area contributed by atoms with Crippen molar-refractivity contribution in [3.05, 3.63) is 93.9 Å². The van der Waals surface area contributed by atoms with Crippen LogP contribution in [0.1, 0.15) is 21.6 Å². The van der Waals surface area contributed by atoms with Crippen molar-refractivity contribution in [3.63, 3.8) is 0 Å². The van der Waals surface area contributed by atoms with E-state index in [9.17, 15) is 27.9 Å². The third-order valence-electron chi connectivity index (χ3n) is 5.42. The van der Waals surface area contributed by atoms with E-state index in [1.165, 1.54) is 30.3 Å². The maximum Gasteiger partial charge on any atom is 0.491 e. The van der Waals surface area contributed by atoms with Crippen molar-refractivity contribution in [2.45, 2.75) is 29.6 Å². The Morgan fingerprint density at radius 1 is 1.05 bits per heavy atom. The minimum Gasteiger partial charge on any atom is -0.478 e. The summed E-state index contributed by atoms with van der Waals surface area (Å²) in [5.74, 6) is -4.18. The smallest absolute Gasteiger partial charge is 0.478 e. The first-order chi connectivity index (χ1) is 18.0. The van der Waals surface area contributed by atoms with Gasteiger partial charge < -0.3 is 14.4 Å². The average Bonchev–Trinajstić information content (AvgIpc) is 3.10. The van der Waals surface area contributed by atoms with E-state index in [1.54, 1.807) is 48.1 Å². The molecule has 4 aromatic rings. The number of rotatable bonds is 7. The van der Waals surface area contributed by atoms with Crippen molar-refractivity contribution >= 4 is 46.9 Å². The molecule has 2 aromatic heterocycles. The van der Waals surface area contributed by atoms with Crippen LogP contribution in [0, 0.1) is 6.92 Å². The Morgan fingerprint density at radius 3 is 2.29 bits per heavy atom. The summed E-state index contributed by atoms with van der Waals surface area (Å²) in [6.07, 6.45) is -2.08. The molecule has 0 unspecified atom stereocenters. The number of carbonyl (C=O) groups is 2. The molecule has 0 amide bonds. The molecular weight excluding hydrogens is 564 g/mol. The van der Waals surface area contributed by atoms with E-state index in [1.807, 2.05) is 0 Å². The topological polar surface area (TPSA) is 81.4 Å². The average molecular weight is 581 g/mol. The summed E-state index contributed by atoms with van der Waals surface area (Å²) >= 11 is 13.5. The van der Waals surface area contributed by atoms with Crippen LogP contribution >= 0.6 is 35.0 Å². The maximum absolute atomic E-state index is 13.0. The minimum absolute atomic E-state index is 0.00490. The van der Waals surface area contributed by atoms with E-state index in [-0.39, 0.29) is 23.2 Å². The molecule has 0 saturated carbocycles. The largest absolute Gasteiger partial charge is 0.491 e. The lowest BCUT2D eigenvalue weighted by Crippen LogP contribution is -2.28. The zero-order valence-corrected chi connectivity index (χ0v) is 21.8. The minimum atomic E-state index is -5.25. The highest BCUT2D eigenvalue weighted by Crippen LogP contribution is 2.46. The van der Waals surface area contributed by atoms with Crippen molar-refractivity contribution in [2.24, 2.45) is 0 Å². The van der Waals surface area contributed by atoms with Gasteiger partial charge in [0.25, 0.3) is 0 Å². The molecule has 2 heterocycles. The van der Waals surface area contributed by atoms with Crippen LogP contribution in [0.2, 0.25) is 10.0 Å². The summed E-state index contributed by atoms with van der Waals surface area (Å²) < 4.78 is 45.5. The second kappa shape index (κ2) is 11.1. The first-order valence-electron chi connectivity index (χ1n) is 10.8. The quantitative estimate of drug-likeness (QED) is 0.180. The van der Waals surface area contributed by atoms with E-state index in [0.29, 0.717) is 25.7 Å². The molecule has 196 valence electrons. The Kier molecular flexibility index (Phi) is 8.05. The number of aromatic nitrogens is 2. The number of nitrogens with zero attached hydrogens (tertiary/aromatic N) is 2. The highest BCUT2D eigenvalue weighted by Gasteiger charge is 2.42. The molecule has 38 heavy (non-hydrogen) atoms. The number of carbonyl (C=O) groups excluding carboxylic acids is 1. The molecule has 2 aromatic carbocycles. The van der Waals surface area contributed by atoms with Gasteiger partial charge in [-0.3, -0.25) is 4.98 Å². The Hall–Kier alpha value is -3.47. The number of carboxylic acid groups (broad SMARTS) is 1. The fourth-order valence-corrected chi connectivity index (χ4v) is 5.68. The highest BCUT2D eigenvalue weighted by atomic mass is 35.5. The standard InChI is InChI=1S/C26H17Cl2F3N2O4S/c1-14-21(24(34)35)22(19-4-2-3-5-20(19)37-25(36)26(29,30)31)23(33(14)13-15-6-8-32-9-7-15)38-18-11-16(27)10-17(28)12-18/h2-12H,13H2,1H3,(H,34,35). The molecule has 12 heteroatoms. The lowest BCUT2D eigenvalue weighted by atomic mass is 10.0. The van der Waals surface area contributed by atoms with Crippen LogP contribution in [-0.2, 0) is 11.3 Å². The Bertz CT molecular complexity index is 1500. The third-order valence-corrected chi connectivity index (χ3v) is 6.95. The van der Waals surface area contributed by atoms with E-state index >= 15 is 0 Å². The number of hydrogen-bond acceptors (Lipinski definition) is 5. The number of esters is 1. The predicted molar refractivity (Wildman–Crippen MR) is 137 cm³/mol. The van der Waals surface area contributed by atoms with Crippen molar-refractivity contribution in [3.8, 4) is 16.9 Å². The van der Waals surface area contributed by atoms with Crippen molar-refractivity contribution in [2.75, 3.05) is 0 Å². The molecule has 0 saturated heterocycles. The number of ether oxygens (including phenoxy) is 1. The maximum atomic E-state index is 13.0. The van der Waals surface area contributed by atoms with E-state index in [2.05, 4.69) is 9.72 Å². The van der Waals surface area contributed by atoms with Crippen molar-refractivity contribution in [1.82, 2.24) is 9.55 Å². The number of benzene rings is 2. The van der Waals surface area contributed by atoms with Gasteiger partial charge in [0.05, 0.1) is 10.6 Å². The van der Waals surface area contributed by atoms with Crippen LogP contribution in [0.4, 0.5) is 13.2 Å². The van der Waals surface area contributed by atoms with Crippen LogP contribution in [-0.4, -0.2) is 32.8 Å². The Balaban J connectivity index is 1.99. The van der Waals surface area contributed by atoms with Crippen LogP contribution in [0.25, 0.3) is 11.1 Å². The molecule has 0 spiro atoms. The molecule has 4 rings (SSSR count). The second-order valence-corrected chi connectivity index (χ2v) is 9.91. The Labute approximate surface area is 229 Å². The number of hydrogen-bond donors (Lipinski definition) is 1. The number of halogens is 5. The molecule has 0 fully saturated rings. The van der Waals surface area contributed by atoms with Gasteiger partial charge in [0.1, 0.15) is 5.75 Å². The molecule has 0 aliphatic carbocycles. The number of carboxylic acids is 1. The molecule has 0 bridgehead atoms. The summed E-state index contributed by atoms with van der Waals surface area (Å²) in [7, 11) is 0. The van der Waals surface area contributed by atoms with Gasteiger partial charge in [0.15, 0.2) is 0 Å². The zero-order chi connectivity index (χ0) is 27.6. The first kappa shape index (κ1) is 27.6. The molecule has 6 nitrogen and oxygen atoms in total. The zero-order valence-electron chi connectivity index (χ0n) is 19.4. The summed E-state index contributed by atoms with van der Waals surface area (Å²) in [5, 5.41) is 11.2. The SMILES string of the molecule is Cc1c(C(=O)O)c(-c2ccccc2OC(=O)C(F)(F)F)c(Sc2cc(Cl)cc(Cl)c2)n1Cc1ccncc1. The number of aromatic carboxylic acids is 1. The van der Waals surface area contributed by atoms with E-state index in [0.717, 1.165) is 17.3 Å². The van der Waals surface area contributed by atoms with E-state index < -0.39 is 23.9 Å². The summed E-state index contributed by atoms with van der Waals surface area (Å²) in [5.41, 5.74) is 1.04. The van der Waals surface area contributed by atoms with Gasteiger partial charge in [-0.1, -0.05) is 53.2 Å². The second-order valence-electron chi connectivity index (χ2n) is 7.98. The van der Waals surface area contributed by atoms with Crippen LogP contribution < -0.4 is 4.74 Å². The monoisotopic (exact) mass is 580 g/mol.